The molecule has 0 aromatic heterocycles. The topological polar surface area (TPSA) is 62.0 Å². The molecule has 0 aliphatic carbocycles. The van der Waals surface area contributed by atoms with E-state index >= 15 is 0 Å². The van der Waals surface area contributed by atoms with Crippen molar-refractivity contribution < 1.29 is 9.84 Å². The fourth-order valence-corrected chi connectivity index (χ4v) is 1.88. The van der Waals surface area contributed by atoms with Crippen LogP contribution >= 0.6 is 0 Å². The molecule has 3 N–H and O–H groups in total. The second-order valence-corrected chi connectivity index (χ2v) is 4.71. The normalized spacial score (nSPS) is 15.5. The van der Waals surface area contributed by atoms with Crippen molar-refractivity contribution in [3.05, 3.63) is 0 Å². The molecular weight excluding hydrogens is 218 g/mol. The SMILES string of the molecule is CCCN(CCN(C)C)C(CO)C(N)COC. The van der Waals surface area contributed by atoms with E-state index in [1.165, 1.54) is 0 Å². The van der Waals surface area contributed by atoms with Gasteiger partial charge in [0.15, 0.2) is 0 Å². The van der Waals surface area contributed by atoms with Crippen LogP contribution in [-0.2, 0) is 4.74 Å². The number of aliphatic hydroxyl groups is 1. The van der Waals surface area contributed by atoms with Gasteiger partial charge in [0.2, 0.25) is 0 Å². The van der Waals surface area contributed by atoms with E-state index in [2.05, 4.69) is 16.7 Å². The zero-order valence-corrected chi connectivity index (χ0v) is 11.7. The van der Waals surface area contributed by atoms with E-state index in [9.17, 15) is 5.11 Å². The van der Waals surface area contributed by atoms with Crippen LogP contribution in [0.3, 0.4) is 0 Å². The Kier molecular flexibility index (Phi) is 9.68. The van der Waals surface area contributed by atoms with Gasteiger partial charge in [-0.3, -0.25) is 4.90 Å². The molecule has 0 rings (SSSR count). The fourth-order valence-electron chi connectivity index (χ4n) is 1.88. The maximum Gasteiger partial charge on any atom is 0.0629 e. The standard InChI is InChI=1S/C12H29N3O2/c1-5-6-15(8-7-14(2)3)12(9-16)11(13)10-17-4/h11-12,16H,5-10,13H2,1-4H3. The molecule has 2 atom stereocenters. The average Bonchev–Trinajstić information content (AvgIpc) is 2.27. The summed E-state index contributed by atoms with van der Waals surface area (Å²) in [6.45, 7) is 5.54. The number of likely N-dealkylation sites (N-methyl/N-ethyl adjacent to an activating group) is 1. The highest BCUT2D eigenvalue weighted by Gasteiger charge is 2.23. The van der Waals surface area contributed by atoms with Crippen molar-refractivity contribution in [2.75, 3.05) is 54.1 Å². The molecule has 2 unspecified atom stereocenters. The van der Waals surface area contributed by atoms with Crippen molar-refractivity contribution in [2.24, 2.45) is 5.73 Å². The summed E-state index contributed by atoms with van der Waals surface area (Å²) in [6, 6.07) is -0.159. The van der Waals surface area contributed by atoms with Gasteiger partial charge < -0.3 is 20.5 Å². The third kappa shape index (κ3) is 6.95. The largest absolute Gasteiger partial charge is 0.395 e. The van der Waals surface area contributed by atoms with Crippen molar-refractivity contribution in [1.29, 1.82) is 0 Å². The Morgan fingerprint density at radius 2 is 1.88 bits per heavy atom. The molecule has 0 aromatic carbocycles. The number of nitrogens with two attached hydrogens (primary N) is 1. The summed E-state index contributed by atoms with van der Waals surface area (Å²) in [5.74, 6) is 0. The van der Waals surface area contributed by atoms with Crippen LogP contribution in [0.5, 0.6) is 0 Å². The second kappa shape index (κ2) is 9.79. The molecule has 0 fully saturated rings. The van der Waals surface area contributed by atoms with Crippen molar-refractivity contribution in [3.8, 4) is 0 Å². The van der Waals surface area contributed by atoms with Gasteiger partial charge in [-0.25, -0.2) is 0 Å². The van der Waals surface area contributed by atoms with Crippen LogP contribution in [0.2, 0.25) is 0 Å². The minimum absolute atomic E-state index is 0.0187. The van der Waals surface area contributed by atoms with E-state index in [-0.39, 0.29) is 18.7 Å². The lowest BCUT2D eigenvalue weighted by Gasteiger charge is -2.34. The highest BCUT2D eigenvalue weighted by molar-refractivity contribution is 4.82. The van der Waals surface area contributed by atoms with Crippen LogP contribution in [0.1, 0.15) is 13.3 Å². The second-order valence-electron chi connectivity index (χ2n) is 4.71. The summed E-state index contributed by atoms with van der Waals surface area (Å²) in [5.41, 5.74) is 6.04. The van der Waals surface area contributed by atoms with Gasteiger partial charge in [-0.2, -0.15) is 0 Å². The van der Waals surface area contributed by atoms with Gasteiger partial charge in [0.25, 0.3) is 0 Å². The first kappa shape index (κ1) is 16.8. The number of methoxy groups -OCH3 is 1. The molecule has 0 aromatic rings. The fraction of sp³-hybridized carbons (Fsp3) is 1.00. The first-order valence-electron chi connectivity index (χ1n) is 6.30. The van der Waals surface area contributed by atoms with Gasteiger partial charge >= 0.3 is 0 Å². The van der Waals surface area contributed by atoms with Gasteiger partial charge in [-0.15, -0.1) is 0 Å². The lowest BCUT2D eigenvalue weighted by molar-refractivity contribution is 0.0664. The average molecular weight is 247 g/mol. The molecule has 5 nitrogen and oxygen atoms in total. The predicted molar refractivity (Wildman–Crippen MR) is 71.1 cm³/mol. The molecule has 0 amide bonds. The summed E-state index contributed by atoms with van der Waals surface area (Å²) < 4.78 is 5.07. The molecular formula is C12H29N3O2. The molecule has 104 valence electrons. The Morgan fingerprint density at radius 1 is 1.24 bits per heavy atom. The van der Waals surface area contributed by atoms with Crippen LogP contribution in [0.25, 0.3) is 0 Å². The van der Waals surface area contributed by atoms with Crippen LogP contribution in [0, 0.1) is 0 Å². The smallest absolute Gasteiger partial charge is 0.0629 e. The Bertz CT molecular complexity index is 179. The van der Waals surface area contributed by atoms with Crippen LogP contribution < -0.4 is 5.73 Å². The Morgan fingerprint density at radius 3 is 2.29 bits per heavy atom. The first-order chi connectivity index (χ1) is 8.06. The van der Waals surface area contributed by atoms with Crippen LogP contribution in [-0.4, -0.2) is 81.0 Å². The van der Waals surface area contributed by atoms with E-state index in [1.807, 2.05) is 14.1 Å². The van der Waals surface area contributed by atoms with Gasteiger partial charge in [-0.05, 0) is 27.1 Å². The van der Waals surface area contributed by atoms with Crippen molar-refractivity contribution in [2.45, 2.75) is 25.4 Å². The number of rotatable bonds is 10. The molecule has 0 saturated carbocycles. The highest BCUT2D eigenvalue weighted by atomic mass is 16.5. The molecule has 0 bridgehead atoms. The summed E-state index contributed by atoms with van der Waals surface area (Å²) in [6.07, 6.45) is 1.06. The lowest BCUT2D eigenvalue weighted by atomic mass is 10.1. The zero-order chi connectivity index (χ0) is 13.3. The number of aliphatic hydroxyl groups excluding tert-OH is 1. The number of hydrogen-bond acceptors (Lipinski definition) is 5. The number of hydrogen-bond donors (Lipinski definition) is 2. The van der Waals surface area contributed by atoms with E-state index in [0.29, 0.717) is 6.61 Å². The molecule has 0 aliphatic rings. The molecule has 17 heavy (non-hydrogen) atoms. The van der Waals surface area contributed by atoms with E-state index in [0.717, 1.165) is 26.1 Å². The summed E-state index contributed by atoms with van der Waals surface area (Å²) in [4.78, 5) is 4.39. The third-order valence-electron chi connectivity index (χ3n) is 2.85. The minimum atomic E-state index is -0.140. The van der Waals surface area contributed by atoms with Crippen molar-refractivity contribution >= 4 is 0 Å². The first-order valence-corrected chi connectivity index (χ1v) is 6.30. The molecule has 5 heteroatoms. The summed E-state index contributed by atoms with van der Waals surface area (Å²) >= 11 is 0. The van der Waals surface area contributed by atoms with E-state index in [1.54, 1.807) is 7.11 Å². The quantitative estimate of drug-likeness (QED) is 0.550. The molecule has 0 aliphatic heterocycles. The third-order valence-corrected chi connectivity index (χ3v) is 2.85. The highest BCUT2D eigenvalue weighted by Crippen LogP contribution is 2.05. The van der Waals surface area contributed by atoms with E-state index in [4.69, 9.17) is 10.5 Å². The Hall–Kier alpha value is -0.200. The van der Waals surface area contributed by atoms with Gasteiger partial charge in [0.1, 0.15) is 0 Å². The van der Waals surface area contributed by atoms with Crippen molar-refractivity contribution in [1.82, 2.24) is 9.80 Å². The van der Waals surface area contributed by atoms with Gasteiger partial charge in [0.05, 0.1) is 19.3 Å². The van der Waals surface area contributed by atoms with Crippen molar-refractivity contribution in [3.63, 3.8) is 0 Å². The Balaban J connectivity index is 4.38. The maximum atomic E-state index is 9.49. The Labute approximate surface area is 106 Å². The molecule has 0 spiro atoms. The van der Waals surface area contributed by atoms with Crippen LogP contribution in [0.4, 0.5) is 0 Å². The molecule has 0 saturated heterocycles. The molecule has 0 heterocycles. The predicted octanol–water partition coefficient (Wildman–Crippen LogP) is -0.405. The zero-order valence-electron chi connectivity index (χ0n) is 11.7. The minimum Gasteiger partial charge on any atom is -0.395 e. The lowest BCUT2D eigenvalue weighted by Crippen LogP contribution is -2.53. The summed E-state index contributed by atoms with van der Waals surface area (Å²) in [5, 5.41) is 9.49. The van der Waals surface area contributed by atoms with Gasteiger partial charge in [0, 0.05) is 26.2 Å². The van der Waals surface area contributed by atoms with Gasteiger partial charge in [-0.1, -0.05) is 6.92 Å². The van der Waals surface area contributed by atoms with E-state index < -0.39 is 0 Å². The maximum absolute atomic E-state index is 9.49. The van der Waals surface area contributed by atoms with Crippen LogP contribution in [0.15, 0.2) is 0 Å². The number of nitrogens with zero attached hydrogens (tertiary/aromatic N) is 2. The monoisotopic (exact) mass is 247 g/mol. The number of ether oxygens (including phenoxy) is 1. The summed E-state index contributed by atoms with van der Waals surface area (Å²) in [7, 11) is 5.73. The molecule has 0 radical (unpaired) electrons.